The van der Waals surface area contributed by atoms with Gasteiger partial charge >= 0.3 is 11.9 Å². The van der Waals surface area contributed by atoms with Gasteiger partial charge in [-0.15, -0.1) is 0 Å². The summed E-state index contributed by atoms with van der Waals surface area (Å²) >= 11 is 0. The van der Waals surface area contributed by atoms with E-state index < -0.39 is 12.2 Å². The van der Waals surface area contributed by atoms with Crippen LogP contribution in [0, 0.1) is 0 Å². The van der Waals surface area contributed by atoms with Crippen LogP contribution in [0.2, 0.25) is 0 Å². The zero-order valence-electron chi connectivity index (χ0n) is 15.4. The SMILES string of the molecule is NC(OCCOCCC(=O)OCC1c2ccccc2-c2ccccc21)C(=O)O. The van der Waals surface area contributed by atoms with Crippen molar-refractivity contribution in [3.05, 3.63) is 59.7 Å². The van der Waals surface area contributed by atoms with Crippen molar-refractivity contribution in [1.82, 2.24) is 0 Å². The largest absolute Gasteiger partial charge is 0.478 e. The summed E-state index contributed by atoms with van der Waals surface area (Å²) in [5, 5.41) is 8.58. The topological polar surface area (TPSA) is 108 Å². The number of hydrogen-bond donors (Lipinski definition) is 2. The number of carboxylic acid groups (broad SMARTS) is 1. The zero-order chi connectivity index (χ0) is 19.9. The minimum absolute atomic E-state index is 0.0307. The van der Waals surface area contributed by atoms with E-state index in [1.54, 1.807) is 0 Å². The lowest BCUT2D eigenvalue weighted by Crippen LogP contribution is -2.34. The van der Waals surface area contributed by atoms with Crippen molar-refractivity contribution in [2.75, 3.05) is 26.4 Å². The van der Waals surface area contributed by atoms with Crippen LogP contribution in [0.4, 0.5) is 0 Å². The molecule has 148 valence electrons. The number of carbonyl (C=O) groups excluding carboxylic acids is 1. The highest BCUT2D eigenvalue weighted by Crippen LogP contribution is 2.44. The maximum Gasteiger partial charge on any atom is 0.347 e. The quantitative estimate of drug-likeness (QED) is 0.366. The number of benzene rings is 2. The summed E-state index contributed by atoms with van der Waals surface area (Å²) in [5.41, 5.74) is 9.89. The van der Waals surface area contributed by atoms with Gasteiger partial charge in [0, 0.05) is 5.92 Å². The first-order valence-corrected chi connectivity index (χ1v) is 9.09. The summed E-state index contributed by atoms with van der Waals surface area (Å²) in [6, 6.07) is 16.3. The molecule has 0 radical (unpaired) electrons. The Balaban J connectivity index is 1.42. The van der Waals surface area contributed by atoms with Gasteiger partial charge in [0.25, 0.3) is 0 Å². The molecule has 0 aromatic heterocycles. The molecule has 0 spiro atoms. The second-order valence-electron chi connectivity index (χ2n) is 6.40. The van der Waals surface area contributed by atoms with E-state index >= 15 is 0 Å². The van der Waals surface area contributed by atoms with Crippen molar-refractivity contribution in [1.29, 1.82) is 0 Å². The molecular weight excluding hydrogens is 362 g/mol. The average Bonchev–Trinajstić information content (AvgIpc) is 3.02. The van der Waals surface area contributed by atoms with Gasteiger partial charge in [-0.25, -0.2) is 4.79 Å². The highest BCUT2D eigenvalue weighted by molar-refractivity contribution is 5.79. The zero-order valence-corrected chi connectivity index (χ0v) is 15.4. The standard InChI is InChI=1S/C21H23NO6/c22-20(21(24)25)27-12-11-26-10-9-19(23)28-13-18-16-7-3-1-5-14(16)15-6-2-4-8-17(15)18/h1-8,18,20H,9-13,22H2,(H,24,25). The summed E-state index contributed by atoms with van der Waals surface area (Å²) in [7, 11) is 0. The Bertz CT molecular complexity index is 792. The number of carbonyl (C=O) groups is 2. The van der Waals surface area contributed by atoms with E-state index in [1.165, 1.54) is 22.3 Å². The summed E-state index contributed by atoms with van der Waals surface area (Å²) in [6.45, 7) is 0.640. The molecule has 3 N–H and O–H groups in total. The Labute approximate surface area is 163 Å². The third kappa shape index (κ3) is 4.75. The Morgan fingerprint density at radius 2 is 1.57 bits per heavy atom. The molecule has 2 aromatic rings. The number of nitrogens with two attached hydrogens (primary N) is 1. The van der Waals surface area contributed by atoms with Crippen molar-refractivity contribution in [3.8, 4) is 11.1 Å². The van der Waals surface area contributed by atoms with E-state index in [0.717, 1.165) is 0 Å². The normalized spacial score (nSPS) is 13.6. The van der Waals surface area contributed by atoms with Crippen LogP contribution in [0.3, 0.4) is 0 Å². The first kappa shape index (κ1) is 20.0. The summed E-state index contributed by atoms with van der Waals surface area (Å²) in [4.78, 5) is 22.5. The fourth-order valence-corrected chi connectivity index (χ4v) is 3.25. The smallest absolute Gasteiger partial charge is 0.347 e. The molecule has 0 fully saturated rings. The Morgan fingerprint density at radius 3 is 2.18 bits per heavy atom. The first-order valence-electron chi connectivity index (χ1n) is 9.09. The minimum atomic E-state index is -1.37. The number of carboxylic acids is 1. The van der Waals surface area contributed by atoms with Gasteiger partial charge in [0.2, 0.25) is 6.23 Å². The van der Waals surface area contributed by atoms with Crippen molar-refractivity contribution in [3.63, 3.8) is 0 Å². The summed E-state index contributed by atoms with van der Waals surface area (Å²) in [6.07, 6.45) is -1.26. The molecule has 0 aliphatic heterocycles. The van der Waals surface area contributed by atoms with Crippen LogP contribution < -0.4 is 5.73 Å². The van der Waals surface area contributed by atoms with Gasteiger partial charge in [0.1, 0.15) is 6.61 Å². The number of esters is 1. The maximum absolute atomic E-state index is 12.0. The van der Waals surface area contributed by atoms with Gasteiger partial charge in [-0.2, -0.15) is 0 Å². The van der Waals surface area contributed by atoms with E-state index in [1.807, 2.05) is 24.3 Å². The first-order chi connectivity index (χ1) is 13.6. The Kier molecular flexibility index (Phi) is 6.76. The van der Waals surface area contributed by atoms with Gasteiger partial charge < -0.3 is 19.3 Å². The maximum atomic E-state index is 12.0. The molecule has 3 rings (SSSR count). The molecule has 1 atom stereocenters. The average molecular weight is 385 g/mol. The molecule has 0 bridgehead atoms. The van der Waals surface area contributed by atoms with Crippen LogP contribution in [0.1, 0.15) is 23.5 Å². The molecule has 2 aromatic carbocycles. The predicted molar refractivity (Wildman–Crippen MR) is 102 cm³/mol. The van der Waals surface area contributed by atoms with Crippen molar-refractivity contribution in [2.45, 2.75) is 18.6 Å². The third-order valence-corrected chi connectivity index (χ3v) is 4.59. The molecule has 28 heavy (non-hydrogen) atoms. The van der Waals surface area contributed by atoms with Gasteiger partial charge in [-0.1, -0.05) is 48.5 Å². The Morgan fingerprint density at radius 1 is 0.964 bits per heavy atom. The molecule has 1 aliphatic rings. The lowest BCUT2D eigenvalue weighted by atomic mass is 9.98. The third-order valence-electron chi connectivity index (χ3n) is 4.59. The lowest BCUT2D eigenvalue weighted by molar-refractivity contribution is -0.151. The van der Waals surface area contributed by atoms with Crippen molar-refractivity contribution >= 4 is 11.9 Å². The molecule has 0 saturated carbocycles. The van der Waals surface area contributed by atoms with E-state index in [9.17, 15) is 9.59 Å². The van der Waals surface area contributed by atoms with E-state index in [-0.39, 0.29) is 44.7 Å². The highest BCUT2D eigenvalue weighted by atomic mass is 16.6. The Hall–Kier alpha value is -2.74. The van der Waals surface area contributed by atoms with Crippen LogP contribution in [-0.2, 0) is 23.8 Å². The molecule has 0 saturated heterocycles. The number of aliphatic carboxylic acids is 1. The molecule has 1 aliphatic carbocycles. The second kappa shape index (κ2) is 9.45. The van der Waals surface area contributed by atoms with E-state index in [4.69, 9.17) is 25.1 Å². The fraction of sp³-hybridized carbons (Fsp3) is 0.333. The van der Waals surface area contributed by atoms with E-state index in [0.29, 0.717) is 0 Å². The molecule has 0 heterocycles. The monoisotopic (exact) mass is 385 g/mol. The van der Waals surface area contributed by atoms with Crippen molar-refractivity contribution in [2.24, 2.45) is 5.73 Å². The number of hydrogen-bond acceptors (Lipinski definition) is 6. The minimum Gasteiger partial charge on any atom is -0.478 e. The highest BCUT2D eigenvalue weighted by Gasteiger charge is 2.28. The molecular formula is C21H23NO6. The van der Waals surface area contributed by atoms with Gasteiger partial charge in [0.05, 0.1) is 26.2 Å². The summed E-state index contributed by atoms with van der Waals surface area (Å²) in [5.74, 6) is -1.55. The van der Waals surface area contributed by atoms with Crippen LogP contribution in [0.5, 0.6) is 0 Å². The number of rotatable bonds is 10. The predicted octanol–water partition coefficient (Wildman–Crippen LogP) is 2.13. The number of ether oxygens (including phenoxy) is 3. The van der Waals surface area contributed by atoms with Gasteiger partial charge in [-0.05, 0) is 22.3 Å². The molecule has 7 heteroatoms. The van der Waals surface area contributed by atoms with Crippen LogP contribution >= 0.6 is 0 Å². The molecule has 7 nitrogen and oxygen atoms in total. The second-order valence-corrected chi connectivity index (χ2v) is 6.40. The lowest BCUT2D eigenvalue weighted by Gasteiger charge is -2.14. The van der Waals surface area contributed by atoms with Crippen LogP contribution in [0.25, 0.3) is 11.1 Å². The van der Waals surface area contributed by atoms with E-state index in [2.05, 4.69) is 24.3 Å². The van der Waals surface area contributed by atoms with Crippen LogP contribution in [0.15, 0.2) is 48.5 Å². The summed E-state index contributed by atoms with van der Waals surface area (Å²) < 4.78 is 15.5. The van der Waals surface area contributed by atoms with Crippen LogP contribution in [-0.4, -0.2) is 49.7 Å². The van der Waals surface area contributed by atoms with Gasteiger partial charge in [-0.3, -0.25) is 10.5 Å². The van der Waals surface area contributed by atoms with Gasteiger partial charge in [0.15, 0.2) is 0 Å². The molecule has 1 unspecified atom stereocenters. The van der Waals surface area contributed by atoms with Crippen molar-refractivity contribution < 1.29 is 28.9 Å². The molecule has 0 amide bonds. The fourth-order valence-electron chi connectivity index (χ4n) is 3.25. The number of fused-ring (bicyclic) bond motifs is 3.